The molecule has 2 rings (SSSR count). The van der Waals surface area contributed by atoms with Crippen LogP contribution in [0, 0.1) is 22.2 Å². The molecule has 0 heterocycles. The van der Waals surface area contributed by atoms with Crippen molar-refractivity contribution in [2.75, 3.05) is 0 Å². The van der Waals surface area contributed by atoms with Crippen molar-refractivity contribution in [3.05, 3.63) is 0 Å². The van der Waals surface area contributed by atoms with Crippen LogP contribution in [0.25, 0.3) is 0 Å². The summed E-state index contributed by atoms with van der Waals surface area (Å²) >= 11 is 5.29. The van der Waals surface area contributed by atoms with Gasteiger partial charge in [0.25, 0.3) is 0 Å². The number of hydrogen-bond donors (Lipinski definition) is 1. The third kappa shape index (κ3) is 2.13. The fourth-order valence-electron chi connectivity index (χ4n) is 4.97. The summed E-state index contributed by atoms with van der Waals surface area (Å²) in [4.78, 5) is 0.739. The number of rotatable bonds is 1. The molecule has 1 nitrogen and oxygen atoms in total. The van der Waals surface area contributed by atoms with Crippen LogP contribution in [0.1, 0.15) is 59.8 Å². The van der Waals surface area contributed by atoms with Gasteiger partial charge < -0.3 is 5.73 Å². The van der Waals surface area contributed by atoms with Crippen LogP contribution in [-0.4, -0.2) is 4.99 Å². The Morgan fingerprint density at radius 2 is 1.69 bits per heavy atom. The summed E-state index contributed by atoms with van der Waals surface area (Å²) in [5.74, 6) is 0.828. The molecular weight excluding hydrogens is 214 g/mol. The first-order valence-corrected chi connectivity index (χ1v) is 6.85. The summed E-state index contributed by atoms with van der Waals surface area (Å²) in [5.41, 5.74) is 7.05. The van der Waals surface area contributed by atoms with Crippen LogP contribution < -0.4 is 5.73 Å². The monoisotopic (exact) mass is 239 g/mol. The minimum atomic E-state index is 0.115. The van der Waals surface area contributed by atoms with E-state index in [4.69, 9.17) is 18.0 Å². The Morgan fingerprint density at radius 1 is 1.06 bits per heavy atom. The van der Waals surface area contributed by atoms with E-state index in [-0.39, 0.29) is 5.41 Å². The van der Waals surface area contributed by atoms with E-state index in [2.05, 4.69) is 27.7 Å². The molecule has 2 heteroatoms. The smallest absolute Gasteiger partial charge is 0.0787 e. The Morgan fingerprint density at radius 3 is 2.19 bits per heavy atom. The molecule has 0 saturated heterocycles. The van der Waals surface area contributed by atoms with Gasteiger partial charge in [0, 0.05) is 5.41 Å². The molecule has 0 amide bonds. The highest BCUT2D eigenvalue weighted by molar-refractivity contribution is 7.80. The molecule has 0 spiro atoms. The van der Waals surface area contributed by atoms with Crippen molar-refractivity contribution in [2.24, 2.45) is 27.9 Å². The summed E-state index contributed by atoms with van der Waals surface area (Å²) in [6.45, 7) is 9.55. The minimum Gasteiger partial charge on any atom is -0.393 e. The zero-order valence-electron chi connectivity index (χ0n) is 11.1. The van der Waals surface area contributed by atoms with Crippen LogP contribution in [0.3, 0.4) is 0 Å². The fraction of sp³-hybridized carbons (Fsp3) is 0.929. The molecule has 2 saturated carbocycles. The molecule has 16 heavy (non-hydrogen) atoms. The van der Waals surface area contributed by atoms with Gasteiger partial charge in [-0.2, -0.15) is 0 Å². The largest absolute Gasteiger partial charge is 0.393 e. The van der Waals surface area contributed by atoms with E-state index in [0.29, 0.717) is 10.8 Å². The second-order valence-electron chi connectivity index (χ2n) is 7.73. The number of thiocarbonyl (C=S) groups is 1. The standard InChI is InChI=1S/C14H25NS/c1-12(2)5-10-6-13(3,8-12)9-14(4,7-10)11(15)16/h10H,5-9H2,1-4H3,(H2,15,16). The van der Waals surface area contributed by atoms with Crippen LogP contribution >= 0.6 is 12.2 Å². The summed E-state index contributed by atoms with van der Waals surface area (Å²) < 4.78 is 0. The zero-order chi connectivity index (χ0) is 12.2. The van der Waals surface area contributed by atoms with Crippen molar-refractivity contribution in [2.45, 2.75) is 59.8 Å². The molecule has 2 aliphatic carbocycles. The van der Waals surface area contributed by atoms with Crippen LogP contribution in [0.15, 0.2) is 0 Å². The van der Waals surface area contributed by atoms with E-state index in [1.807, 2.05) is 0 Å². The lowest BCUT2D eigenvalue weighted by Gasteiger charge is -2.55. The fourth-order valence-corrected chi connectivity index (χ4v) is 5.12. The molecule has 2 bridgehead atoms. The molecule has 0 aliphatic heterocycles. The molecule has 0 aromatic carbocycles. The predicted molar refractivity (Wildman–Crippen MR) is 73.4 cm³/mol. The molecule has 0 aromatic heterocycles. The Bertz CT molecular complexity index is 321. The van der Waals surface area contributed by atoms with Gasteiger partial charge in [-0.25, -0.2) is 0 Å². The van der Waals surface area contributed by atoms with Crippen LogP contribution in [0.5, 0.6) is 0 Å². The Kier molecular flexibility index (Phi) is 2.66. The predicted octanol–water partition coefficient (Wildman–Crippen LogP) is 3.91. The van der Waals surface area contributed by atoms with Gasteiger partial charge in [0.1, 0.15) is 0 Å². The third-order valence-corrected chi connectivity index (χ3v) is 5.17. The van der Waals surface area contributed by atoms with Crippen LogP contribution in [0.2, 0.25) is 0 Å². The summed E-state index contributed by atoms with van der Waals surface area (Å²) in [6.07, 6.45) is 6.46. The number of nitrogens with two attached hydrogens (primary N) is 1. The van der Waals surface area contributed by atoms with Gasteiger partial charge in [-0.3, -0.25) is 0 Å². The lowest BCUT2D eigenvalue weighted by atomic mass is 9.50. The van der Waals surface area contributed by atoms with Crippen molar-refractivity contribution in [3.63, 3.8) is 0 Å². The average molecular weight is 239 g/mol. The SMILES string of the molecule is CC1(C)CC2CC(C)(C1)CC(C)(C(N)=S)C2. The average Bonchev–Trinajstić information content (AvgIpc) is 1.95. The highest BCUT2D eigenvalue weighted by atomic mass is 32.1. The highest BCUT2D eigenvalue weighted by Gasteiger charge is 2.51. The maximum absolute atomic E-state index is 5.96. The topological polar surface area (TPSA) is 26.0 Å². The summed E-state index contributed by atoms with van der Waals surface area (Å²) in [6, 6.07) is 0. The van der Waals surface area contributed by atoms with Gasteiger partial charge in [0.15, 0.2) is 0 Å². The summed E-state index contributed by atoms with van der Waals surface area (Å²) in [5, 5.41) is 0. The molecule has 2 aliphatic rings. The first-order chi connectivity index (χ1) is 7.14. The maximum Gasteiger partial charge on any atom is 0.0787 e. The summed E-state index contributed by atoms with van der Waals surface area (Å²) in [7, 11) is 0. The van der Waals surface area contributed by atoms with Crippen molar-refractivity contribution >= 4 is 17.2 Å². The number of fused-ring (bicyclic) bond motifs is 2. The lowest BCUT2D eigenvalue weighted by Crippen LogP contribution is -2.49. The molecule has 3 unspecified atom stereocenters. The Labute approximate surface area is 105 Å². The molecule has 0 radical (unpaired) electrons. The molecule has 0 aromatic rings. The van der Waals surface area contributed by atoms with E-state index < -0.39 is 0 Å². The first-order valence-electron chi connectivity index (χ1n) is 6.44. The van der Waals surface area contributed by atoms with E-state index in [9.17, 15) is 0 Å². The molecule has 3 atom stereocenters. The highest BCUT2D eigenvalue weighted by Crippen LogP contribution is 2.60. The van der Waals surface area contributed by atoms with Crippen LogP contribution in [0.4, 0.5) is 0 Å². The van der Waals surface area contributed by atoms with Gasteiger partial charge in [0.05, 0.1) is 4.99 Å². The van der Waals surface area contributed by atoms with Crippen molar-refractivity contribution in [1.82, 2.24) is 0 Å². The second kappa shape index (κ2) is 3.44. The molecule has 2 N–H and O–H groups in total. The number of hydrogen-bond acceptors (Lipinski definition) is 1. The van der Waals surface area contributed by atoms with E-state index >= 15 is 0 Å². The van der Waals surface area contributed by atoms with Gasteiger partial charge in [0.2, 0.25) is 0 Å². The maximum atomic E-state index is 5.96. The van der Waals surface area contributed by atoms with E-state index in [1.165, 1.54) is 32.1 Å². The van der Waals surface area contributed by atoms with E-state index in [0.717, 1.165) is 10.9 Å². The first kappa shape index (κ1) is 12.3. The van der Waals surface area contributed by atoms with Gasteiger partial charge in [-0.05, 0) is 48.9 Å². The molecule has 92 valence electrons. The van der Waals surface area contributed by atoms with Gasteiger partial charge >= 0.3 is 0 Å². The minimum absolute atomic E-state index is 0.115. The van der Waals surface area contributed by atoms with Gasteiger partial charge in [-0.1, -0.05) is 39.9 Å². The molecule has 2 fully saturated rings. The van der Waals surface area contributed by atoms with Crippen molar-refractivity contribution in [3.8, 4) is 0 Å². The normalized spacial score (nSPS) is 46.4. The zero-order valence-corrected chi connectivity index (χ0v) is 11.9. The Hall–Kier alpha value is -0.110. The second-order valence-corrected chi connectivity index (χ2v) is 8.17. The van der Waals surface area contributed by atoms with Gasteiger partial charge in [-0.15, -0.1) is 0 Å². The Balaban J connectivity index is 2.26. The molecular formula is C14H25NS. The van der Waals surface area contributed by atoms with Crippen LogP contribution in [-0.2, 0) is 0 Å². The lowest BCUT2D eigenvalue weighted by molar-refractivity contribution is -0.0243. The quantitative estimate of drug-likeness (QED) is 0.702. The van der Waals surface area contributed by atoms with E-state index in [1.54, 1.807) is 0 Å². The third-order valence-electron chi connectivity index (χ3n) is 4.68. The van der Waals surface area contributed by atoms with Crippen molar-refractivity contribution in [1.29, 1.82) is 0 Å². The van der Waals surface area contributed by atoms with Crippen molar-refractivity contribution < 1.29 is 0 Å².